The van der Waals surface area contributed by atoms with Gasteiger partial charge in [0.25, 0.3) is 5.91 Å². The van der Waals surface area contributed by atoms with Crippen LogP contribution in [0.15, 0.2) is 24.3 Å². The average Bonchev–Trinajstić information content (AvgIpc) is 2.68. The fraction of sp³-hybridized carbons (Fsp3) is 0.579. The molecule has 2 fully saturated rings. The average molecular weight is 346 g/mol. The molecule has 0 N–H and O–H groups in total. The van der Waals surface area contributed by atoms with Gasteiger partial charge >= 0.3 is 0 Å². The van der Waals surface area contributed by atoms with Gasteiger partial charge in [0.05, 0.1) is 19.8 Å². The van der Waals surface area contributed by atoms with Crippen LogP contribution in [-0.4, -0.2) is 67.6 Å². The van der Waals surface area contributed by atoms with E-state index in [0.29, 0.717) is 51.6 Å². The lowest BCUT2D eigenvalue weighted by molar-refractivity contribution is -0.141. The summed E-state index contributed by atoms with van der Waals surface area (Å²) in [6.45, 7) is 6.43. The van der Waals surface area contributed by atoms with Crippen molar-refractivity contribution in [3.8, 4) is 5.75 Å². The summed E-state index contributed by atoms with van der Waals surface area (Å²) < 4.78 is 10.7. The maximum absolute atomic E-state index is 12.6. The van der Waals surface area contributed by atoms with Gasteiger partial charge in [0.2, 0.25) is 5.91 Å². The molecule has 2 heterocycles. The van der Waals surface area contributed by atoms with E-state index in [0.717, 1.165) is 18.6 Å². The zero-order chi connectivity index (χ0) is 17.6. The van der Waals surface area contributed by atoms with E-state index in [1.165, 1.54) is 0 Å². The van der Waals surface area contributed by atoms with Gasteiger partial charge in [0, 0.05) is 37.7 Å². The van der Waals surface area contributed by atoms with Crippen LogP contribution in [0.3, 0.4) is 0 Å². The van der Waals surface area contributed by atoms with Crippen LogP contribution >= 0.6 is 0 Å². The summed E-state index contributed by atoms with van der Waals surface area (Å²) in [5, 5.41) is 0. The predicted molar refractivity (Wildman–Crippen MR) is 93.6 cm³/mol. The van der Waals surface area contributed by atoms with Crippen molar-refractivity contribution in [2.45, 2.75) is 19.8 Å². The van der Waals surface area contributed by atoms with Crippen molar-refractivity contribution < 1.29 is 19.1 Å². The Labute approximate surface area is 148 Å². The first-order valence-corrected chi connectivity index (χ1v) is 9.07. The first kappa shape index (κ1) is 17.7. The number of carbonyl (C=O) groups excluding carboxylic acids is 2. The third-order valence-corrected chi connectivity index (χ3v) is 4.87. The van der Waals surface area contributed by atoms with Gasteiger partial charge in [-0.3, -0.25) is 9.59 Å². The van der Waals surface area contributed by atoms with Crippen LogP contribution in [0.2, 0.25) is 0 Å². The molecule has 1 aromatic rings. The molecule has 3 rings (SSSR count). The summed E-state index contributed by atoms with van der Waals surface area (Å²) in [6, 6.07) is 7.26. The van der Waals surface area contributed by atoms with Gasteiger partial charge in [-0.25, -0.2) is 0 Å². The topological polar surface area (TPSA) is 59.1 Å². The van der Waals surface area contributed by atoms with Crippen LogP contribution in [0.1, 0.15) is 30.1 Å². The molecule has 0 bridgehead atoms. The van der Waals surface area contributed by atoms with Crippen molar-refractivity contribution in [3.63, 3.8) is 0 Å². The number of benzene rings is 1. The molecule has 1 aromatic carbocycles. The summed E-state index contributed by atoms with van der Waals surface area (Å²) in [6.07, 6.45) is 1.47. The zero-order valence-corrected chi connectivity index (χ0v) is 14.8. The molecular formula is C19H26N2O4. The number of nitrogens with zero attached hydrogens (tertiary/aromatic N) is 2. The van der Waals surface area contributed by atoms with Gasteiger partial charge in [0.1, 0.15) is 5.75 Å². The lowest BCUT2D eigenvalue weighted by Gasteiger charge is -2.35. The van der Waals surface area contributed by atoms with Gasteiger partial charge in [-0.2, -0.15) is 0 Å². The fourth-order valence-corrected chi connectivity index (χ4v) is 3.41. The second-order valence-corrected chi connectivity index (χ2v) is 6.46. The van der Waals surface area contributed by atoms with E-state index >= 15 is 0 Å². The monoisotopic (exact) mass is 346 g/mol. The van der Waals surface area contributed by atoms with Crippen LogP contribution in [-0.2, 0) is 9.53 Å². The second kappa shape index (κ2) is 8.34. The van der Waals surface area contributed by atoms with E-state index in [4.69, 9.17) is 9.47 Å². The molecule has 0 atom stereocenters. The number of morpholine rings is 1. The molecule has 0 spiro atoms. The SMILES string of the molecule is CCOc1ccc(C(=O)N2CCC(C(=O)N3CCOCC3)CC2)cc1. The standard InChI is InChI=1S/C19H26N2O4/c1-2-25-17-5-3-15(4-6-17)18(22)20-9-7-16(8-10-20)19(23)21-11-13-24-14-12-21/h3-6,16H,2,7-14H2,1H3. The predicted octanol–water partition coefficient (Wildman–Crippen LogP) is 1.80. The Balaban J connectivity index is 1.52. The Morgan fingerprint density at radius 2 is 1.68 bits per heavy atom. The third-order valence-electron chi connectivity index (χ3n) is 4.87. The molecule has 25 heavy (non-hydrogen) atoms. The molecule has 2 amide bonds. The number of hydrogen-bond donors (Lipinski definition) is 0. The molecule has 2 saturated heterocycles. The van der Waals surface area contributed by atoms with Crippen LogP contribution in [0.4, 0.5) is 0 Å². The summed E-state index contributed by atoms with van der Waals surface area (Å²) >= 11 is 0. The highest BCUT2D eigenvalue weighted by Crippen LogP contribution is 2.22. The maximum atomic E-state index is 12.6. The minimum absolute atomic E-state index is 0.0281. The number of ether oxygens (including phenoxy) is 2. The van der Waals surface area contributed by atoms with Crippen LogP contribution in [0.5, 0.6) is 5.75 Å². The Kier molecular flexibility index (Phi) is 5.91. The van der Waals surface area contributed by atoms with Crippen LogP contribution in [0, 0.1) is 5.92 Å². The summed E-state index contributed by atoms with van der Waals surface area (Å²) in [5.41, 5.74) is 0.668. The number of hydrogen-bond acceptors (Lipinski definition) is 4. The molecule has 0 unspecified atom stereocenters. The van der Waals surface area contributed by atoms with Crippen LogP contribution in [0.25, 0.3) is 0 Å². The van der Waals surface area contributed by atoms with Crippen molar-refractivity contribution in [2.24, 2.45) is 5.92 Å². The number of likely N-dealkylation sites (tertiary alicyclic amines) is 1. The number of rotatable bonds is 4. The summed E-state index contributed by atoms with van der Waals surface area (Å²) in [5.74, 6) is 1.05. The molecular weight excluding hydrogens is 320 g/mol. The van der Waals surface area contributed by atoms with Crippen LogP contribution < -0.4 is 4.74 Å². The Morgan fingerprint density at radius 3 is 2.28 bits per heavy atom. The zero-order valence-electron chi connectivity index (χ0n) is 14.8. The van der Waals surface area contributed by atoms with E-state index in [9.17, 15) is 9.59 Å². The smallest absolute Gasteiger partial charge is 0.253 e. The van der Waals surface area contributed by atoms with E-state index in [1.54, 1.807) is 12.1 Å². The molecule has 0 radical (unpaired) electrons. The molecule has 0 aliphatic carbocycles. The molecule has 6 nitrogen and oxygen atoms in total. The largest absolute Gasteiger partial charge is 0.494 e. The Morgan fingerprint density at radius 1 is 1.04 bits per heavy atom. The van der Waals surface area contributed by atoms with Crippen molar-refractivity contribution in [2.75, 3.05) is 46.0 Å². The van der Waals surface area contributed by atoms with Crippen molar-refractivity contribution in [1.82, 2.24) is 9.80 Å². The molecule has 6 heteroatoms. The van der Waals surface area contributed by atoms with Gasteiger partial charge in [-0.05, 0) is 44.0 Å². The number of amides is 2. The maximum Gasteiger partial charge on any atom is 0.253 e. The van der Waals surface area contributed by atoms with Gasteiger partial charge in [-0.1, -0.05) is 0 Å². The van der Waals surface area contributed by atoms with Crippen molar-refractivity contribution in [3.05, 3.63) is 29.8 Å². The fourth-order valence-electron chi connectivity index (χ4n) is 3.41. The van der Waals surface area contributed by atoms with E-state index in [-0.39, 0.29) is 17.7 Å². The Hall–Kier alpha value is -2.08. The molecule has 136 valence electrons. The lowest BCUT2D eigenvalue weighted by Crippen LogP contribution is -2.47. The van der Waals surface area contributed by atoms with Crippen molar-refractivity contribution in [1.29, 1.82) is 0 Å². The van der Waals surface area contributed by atoms with E-state index in [2.05, 4.69) is 0 Å². The van der Waals surface area contributed by atoms with Gasteiger partial charge in [-0.15, -0.1) is 0 Å². The minimum Gasteiger partial charge on any atom is -0.494 e. The highest BCUT2D eigenvalue weighted by Gasteiger charge is 2.31. The summed E-state index contributed by atoms with van der Waals surface area (Å²) in [4.78, 5) is 28.9. The highest BCUT2D eigenvalue weighted by atomic mass is 16.5. The highest BCUT2D eigenvalue weighted by molar-refractivity contribution is 5.94. The molecule has 0 saturated carbocycles. The second-order valence-electron chi connectivity index (χ2n) is 6.46. The molecule has 2 aliphatic heterocycles. The summed E-state index contributed by atoms with van der Waals surface area (Å²) in [7, 11) is 0. The molecule has 0 aromatic heterocycles. The van der Waals surface area contributed by atoms with Crippen molar-refractivity contribution >= 4 is 11.8 Å². The molecule has 2 aliphatic rings. The third kappa shape index (κ3) is 4.31. The first-order valence-electron chi connectivity index (χ1n) is 9.07. The Bertz CT molecular complexity index is 588. The first-order chi connectivity index (χ1) is 12.2. The lowest BCUT2D eigenvalue weighted by atomic mass is 9.94. The van der Waals surface area contributed by atoms with Gasteiger partial charge < -0.3 is 19.3 Å². The van der Waals surface area contributed by atoms with Gasteiger partial charge in [0.15, 0.2) is 0 Å². The quantitative estimate of drug-likeness (QED) is 0.834. The number of carbonyl (C=O) groups is 2. The normalized spacial score (nSPS) is 18.9. The number of piperidine rings is 1. The van der Waals surface area contributed by atoms with E-state index in [1.807, 2.05) is 28.9 Å². The minimum atomic E-state index is 0.0281. The van der Waals surface area contributed by atoms with E-state index < -0.39 is 0 Å².